The van der Waals surface area contributed by atoms with Crippen molar-refractivity contribution in [3.63, 3.8) is 0 Å². The second kappa shape index (κ2) is 9.89. The first kappa shape index (κ1) is 25.3. The molecule has 0 bridgehead atoms. The molecular formula is C23H23N5O6S. The van der Waals surface area contributed by atoms with E-state index >= 15 is 0 Å². The molecule has 0 fully saturated rings. The monoisotopic (exact) mass is 497 g/mol. The number of hydrogen-bond donors (Lipinski definition) is 2. The number of nitro groups is 2. The zero-order chi connectivity index (χ0) is 25.9. The van der Waals surface area contributed by atoms with Crippen LogP contribution in [0.5, 0.6) is 0 Å². The molecule has 0 saturated carbocycles. The molecule has 11 nitrogen and oxygen atoms in total. The Morgan fingerprint density at radius 1 is 0.857 bits per heavy atom. The molecule has 2 N–H and O–H groups in total. The molecule has 0 unspecified atom stereocenters. The van der Waals surface area contributed by atoms with Gasteiger partial charge in [-0.2, -0.15) is 5.10 Å². The van der Waals surface area contributed by atoms with Crippen molar-refractivity contribution < 1.29 is 18.3 Å². The van der Waals surface area contributed by atoms with Crippen LogP contribution in [0.3, 0.4) is 0 Å². The highest BCUT2D eigenvalue weighted by atomic mass is 32.2. The zero-order valence-electron chi connectivity index (χ0n) is 19.4. The topological polar surface area (TPSA) is 157 Å². The van der Waals surface area contributed by atoms with Gasteiger partial charge in [0.25, 0.3) is 21.4 Å². The number of nitro benzene ring substituents is 2. The molecule has 0 radical (unpaired) electrons. The van der Waals surface area contributed by atoms with E-state index in [0.29, 0.717) is 28.1 Å². The number of nitrogens with zero attached hydrogens (tertiary/aromatic N) is 3. The molecule has 35 heavy (non-hydrogen) atoms. The summed E-state index contributed by atoms with van der Waals surface area (Å²) in [7, 11) is -4.25. The number of sulfonamides is 1. The molecule has 0 atom stereocenters. The van der Waals surface area contributed by atoms with Gasteiger partial charge in [-0.25, -0.2) is 8.42 Å². The van der Waals surface area contributed by atoms with Gasteiger partial charge in [0.05, 0.1) is 26.9 Å². The van der Waals surface area contributed by atoms with E-state index in [0.717, 1.165) is 17.7 Å². The molecule has 3 aromatic rings. The van der Waals surface area contributed by atoms with Crippen LogP contribution < -0.4 is 10.1 Å². The van der Waals surface area contributed by atoms with Gasteiger partial charge in [-0.3, -0.25) is 30.4 Å². The van der Waals surface area contributed by atoms with Crippen LogP contribution in [0.1, 0.15) is 29.2 Å². The Hall–Kier alpha value is -4.32. The second-order valence-electron chi connectivity index (χ2n) is 7.93. The van der Waals surface area contributed by atoms with E-state index in [1.54, 1.807) is 51.1 Å². The summed E-state index contributed by atoms with van der Waals surface area (Å²) in [5.41, 5.74) is 5.39. The summed E-state index contributed by atoms with van der Waals surface area (Å²) in [5.74, 6) is 0. The van der Waals surface area contributed by atoms with Gasteiger partial charge >= 0.3 is 0 Å². The Morgan fingerprint density at radius 3 is 2.17 bits per heavy atom. The van der Waals surface area contributed by atoms with Crippen molar-refractivity contribution in [3.8, 4) is 0 Å². The molecule has 0 saturated heterocycles. The third-order valence-corrected chi connectivity index (χ3v) is 6.66. The van der Waals surface area contributed by atoms with E-state index in [2.05, 4.69) is 15.2 Å². The smallest absolute Gasteiger partial charge is 0.272 e. The van der Waals surface area contributed by atoms with Crippen molar-refractivity contribution in [3.05, 3.63) is 97.1 Å². The predicted octanol–water partition coefficient (Wildman–Crippen LogP) is 5.07. The van der Waals surface area contributed by atoms with Crippen LogP contribution in [0.25, 0.3) is 0 Å². The normalized spacial score (nSPS) is 11.7. The lowest BCUT2D eigenvalue weighted by Crippen LogP contribution is -2.16. The van der Waals surface area contributed by atoms with Gasteiger partial charge in [0.1, 0.15) is 4.90 Å². The van der Waals surface area contributed by atoms with Crippen LogP contribution in [0.2, 0.25) is 0 Å². The molecule has 0 spiro atoms. The van der Waals surface area contributed by atoms with E-state index in [9.17, 15) is 28.6 Å². The maximum atomic E-state index is 13.2. The fourth-order valence-corrected chi connectivity index (χ4v) is 4.61. The fraction of sp³-hybridized carbons (Fsp3) is 0.174. The highest BCUT2D eigenvalue weighted by Crippen LogP contribution is 2.29. The first-order valence-electron chi connectivity index (χ1n) is 10.3. The summed E-state index contributed by atoms with van der Waals surface area (Å²) < 4.78 is 28.9. The second-order valence-corrected chi connectivity index (χ2v) is 9.58. The minimum absolute atomic E-state index is 0.00572. The molecular weight excluding hydrogens is 474 g/mol. The summed E-state index contributed by atoms with van der Waals surface area (Å²) in [4.78, 5) is 21.0. The number of benzene rings is 3. The molecule has 0 aliphatic heterocycles. The summed E-state index contributed by atoms with van der Waals surface area (Å²) in [5, 5.41) is 26.7. The summed E-state index contributed by atoms with van der Waals surface area (Å²) in [6.07, 6.45) is 0. The fourth-order valence-electron chi connectivity index (χ4n) is 3.31. The van der Waals surface area contributed by atoms with E-state index in [1.807, 2.05) is 6.92 Å². The van der Waals surface area contributed by atoms with Crippen molar-refractivity contribution in [1.29, 1.82) is 0 Å². The van der Waals surface area contributed by atoms with Gasteiger partial charge < -0.3 is 0 Å². The molecule has 3 rings (SSSR count). The van der Waals surface area contributed by atoms with E-state index in [1.165, 1.54) is 12.1 Å². The first-order valence-corrected chi connectivity index (χ1v) is 11.8. The lowest BCUT2D eigenvalue weighted by Gasteiger charge is -2.14. The molecule has 3 aromatic carbocycles. The van der Waals surface area contributed by atoms with E-state index in [-0.39, 0.29) is 16.3 Å². The Bertz CT molecular complexity index is 1470. The molecule has 0 aliphatic carbocycles. The van der Waals surface area contributed by atoms with Gasteiger partial charge in [-0.15, -0.1) is 0 Å². The van der Waals surface area contributed by atoms with Crippen molar-refractivity contribution in [2.24, 2.45) is 5.10 Å². The lowest BCUT2D eigenvalue weighted by atomic mass is 10.1. The first-order chi connectivity index (χ1) is 16.4. The molecule has 0 aromatic heterocycles. The van der Waals surface area contributed by atoms with Crippen LogP contribution in [0.15, 0.2) is 64.6 Å². The Morgan fingerprint density at radius 2 is 1.54 bits per heavy atom. The van der Waals surface area contributed by atoms with Gasteiger partial charge in [0.15, 0.2) is 0 Å². The SMILES string of the molecule is CC(=NNc1ccc([N+](=O)[O-])cc1S(=O)(=O)Nc1ccc(C)cc1C)c1ccc(C)c([N+](=O)[O-])c1. The van der Waals surface area contributed by atoms with Gasteiger partial charge in [0.2, 0.25) is 0 Å². The lowest BCUT2D eigenvalue weighted by molar-refractivity contribution is -0.385. The van der Waals surface area contributed by atoms with Crippen molar-refractivity contribution in [2.45, 2.75) is 32.6 Å². The van der Waals surface area contributed by atoms with E-state index in [4.69, 9.17) is 0 Å². The average molecular weight is 498 g/mol. The van der Waals surface area contributed by atoms with Gasteiger partial charge in [0, 0.05) is 29.3 Å². The van der Waals surface area contributed by atoms with Gasteiger partial charge in [-0.05, 0) is 45.4 Å². The molecule has 0 heterocycles. The van der Waals surface area contributed by atoms with Crippen LogP contribution in [0, 0.1) is 41.0 Å². The number of nitrogens with one attached hydrogen (secondary N) is 2. The standard InChI is InChI=1S/C23H23N5O6S/c1-14-5-9-20(16(3)11-14)26-35(33,34)23-13-19(27(29)30)8-10-21(23)25-24-17(4)18-7-6-15(2)22(12-18)28(31)32/h5-13,25-26H,1-4H3. The van der Waals surface area contributed by atoms with Gasteiger partial charge in [-0.1, -0.05) is 29.8 Å². The highest BCUT2D eigenvalue weighted by molar-refractivity contribution is 7.92. The Kier molecular flexibility index (Phi) is 7.15. The number of hydrazone groups is 1. The maximum Gasteiger partial charge on any atom is 0.272 e. The highest BCUT2D eigenvalue weighted by Gasteiger charge is 2.23. The minimum atomic E-state index is -4.25. The van der Waals surface area contributed by atoms with Crippen LogP contribution in [-0.4, -0.2) is 24.0 Å². The average Bonchev–Trinajstić information content (AvgIpc) is 2.79. The van der Waals surface area contributed by atoms with Crippen molar-refractivity contribution in [1.82, 2.24) is 0 Å². The Labute approximate surface area is 201 Å². The third kappa shape index (κ3) is 5.79. The largest absolute Gasteiger partial charge is 0.279 e. The number of non-ortho nitro benzene ring substituents is 1. The number of hydrogen-bond acceptors (Lipinski definition) is 8. The summed E-state index contributed by atoms with van der Waals surface area (Å²) in [6, 6.07) is 13.1. The Balaban J connectivity index is 2.01. The van der Waals surface area contributed by atoms with Crippen LogP contribution >= 0.6 is 0 Å². The zero-order valence-corrected chi connectivity index (χ0v) is 20.2. The minimum Gasteiger partial charge on any atom is -0.279 e. The van der Waals surface area contributed by atoms with Crippen molar-refractivity contribution >= 4 is 38.5 Å². The predicted molar refractivity (Wildman–Crippen MR) is 133 cm³/mol. The molecule has 12 heteroatoms. The molecule has 182 valence electrons. The quantitative estimate of drug-likeness (QED) is 0.250. The van der Waals surface area contributed by atoms with Crippen LogP contribution in [0.4, 0.5) is 22.7 Å². The van der Waals surface area contributed by atoms with Crippen molar-refractivity contribution in [2.75, 3.05) is 10.1 Å². The molecule has 0 amide bonds. The maximum absolute atomic E-state index is 13.2. The third-order valence-electron chi connectivity index (χ3n) is 5.26. The number of rotatable bonds is 8. The summed E-state index contributed by atoms with van der Waals surface area (Å²) in [6.45, 7) is 6.82. The number of aryl methyl sites for hydroxylation is 3. The summed E-state index contributed by atoms with van der Waals surface area (Å²) >= 11 is 0. The molecule has 0 aliphatic rings. The number of anilines is 2. The van der Waals surface area contributed by atoms with Crippen LogP contribution in [-0.2, 0) is 10.0 Å². The van der Waals surface area contributed by atoms with E-state index < -0.39 is 25.6 Å².